The minimum absolute atomic E-state index is 0.516. The van der Waals surface area contributed by atoms with Crippen LogP contribution in [-0.2, 0) is 13.1 Å². The first kappa shape index (κ1) is 11.5. The average Bonchev–Trinajstić information content (AvgIpc) is 3.02. The molecule has 0 aliphatic carbocycles. The summed E-state index contributed by atoms with van der Waals surface area (Å²) in [6.07, 6.45) is 6.56. The Labute approximate surface area is 108 Å². The lowest BCUT2D eigenvalue weighted by atomic mass is 10.5. The van der Waals surface area contributed by atoms with E-state index in [1.165, 1.54) is 6.33 Å². The van der Waals surface area contributed by atoms with Crippen LogP contribution in [0.4, 0.5) is 5.69 Å². The van der Waals surface area contributed by atoms with Gasteiger partial charge >= 0.3 is 0 Å². The van der Waals surface area contributed by atoms with Gasteiger partial charge in [-0.25, -0.2) is 9.97 Å². The van der Waals surface area contributed by atoms with Gasteiger partial charge in [0.25, 0.3) is 0 Å². The van der Waals surface area contributed by atoms with Crippen LogP contribution in [-0.4, -0.2) is 36.4 Å². The number of fused-ring (bicyclic) bond motifs is 1. The van der Waals surface area contributed by atoms with Gasteiger partial charge in [0.1, 0.15) is 6.33 Å². The molecule has 0 radical (unpaired) electrons. The summed E-state index contributed by atoms with van der Waals surface area (Å²) in [6, 6.07) is 0. The molecular weight excluding hydrogens is 246 g/mol. The van der Waals surface area contributed by atoms with Crippen LogP contribution in [0, 0.1) is 0 Å². The van der Waals surface area contributed by atoms with E-state index in [0.29, 0.717) is 30.3 Å². The molecule has 0 unspecified atom stereocenters. The van der Waals surface area contributed by atoms with E-state index in [-0.39, 0.29) is 0 Å². The second kappa shape index (κ2) is 4.56. The first-order chi connectivity index (χ1) is 9.28. The van der Waals surface area contributed by atoms with Crippen molar-refractivity contribution in [1.82, 2.24) is 29.3 Å². The van der Waals surface area contributed by atoms with Crippen LogP contribution in [0.5, 0.6) is 5.88 Å². The van der Waals surface area contributed by atoms with E-state index < -0.39 is 0 Å². The number of nitrogen functional groups attached to an aromatic ring is 1. The number of imidazole rings is 1. The Hall–Kier alpha value is -2.64. The molecule has 3 aromatic heterocycles. The van der Waals surface area contributed by atoms with E-state index in [4.69, 9.17) is 10.5 Å². The van der Waals surface area contributed by atoms with Crippen molar-refractivity contribution >= 4 is 16.9 Å². The van der Waals surface area contributed by atoms with Gasteiger partial charge in [-0.1, -0.05) is 0 Å². The fraction of sp³-hybridized carbons (Fsp3) is 0.273. The Kier molecular flexibility index (Phi) is 2.75. The van der Waals surface area contributed by atoms with Gasteiger partial charge in [0.05, 0.1) is 31.9 Å². The highest BCUT2D eigenvalue weighted by Gasteiger charge is 2.10. The summed E-state index contributed by atoms with van der Waals surface area (Å²) in [5.41, 5.74) is 7.67. The number of hydrogen-bond donors (Lipinski definition) is 1. The topological polar surface area (TPSA) is 96.7 Å². The van der Waals surface area contributed by atoms with Gasteiger partial charge in [0.2, 0.25) is 5.88 Å². The molecule has 8 heteroatoms. The van der Waals surface area contributed by atoms with E-state index in [0.717, 1.165) is 5.52 Å². The Bertz CT molecular complexity index is 702. The summed E-state index contributed by atoms with van der Waals surface area (Å²) in [5.74, 6) is 0.516. The van der Waals surface area contributed by atoms with Crippen molar-refractivity contribution < 1.29 is 4.74 Å². The molecular formula is C11H13N7O. The predicted molar refractivity (Wildman–Crippen MR) is 68.5 cm³/mol. The van der Waals surface area contributed by atoms with E-state index >= 15 is 0 Å². The molecule has 19 heavy (non-hydrogen) atoms. The number of anilines is 1. The van der Waals surface area contributed by atoms with Gasteiger partial charge in [0, 0.05) is 12.7 Å². The highest BCUT2D eigenvalue weighted by atomic mass is 16.5. The van der Waals surface area contributed by atoms with Gasteiger partial charge in [-0.05, 0) is 0 Å². The smallest absolute Gasteiger partial charge is 0.243 e. The second-order valence-corrected chi connectivity index (χ2v) is 4.03. The highest BCUT2D eigenvalue weighted by molar-refractivity contribution is 5.76. The maximum absolute atomic E-state index is 5.62. The minimum Gasteiger partial charge on any atom is -0.479 e. The molecule has 0 fully saturated rings. The predicted octanol–water partition coefficient (Wildman–Crippen LogP) is 0.314. The molecule has 3 aromatic rings. The van der Waals surface area contributed by atoms with Crippen LogP contribution in [0.1, 0.15) is 0 Å². The molecule has 0 spiro atoms. The summed E-state index contributed by atoms with van der Waals surface area (Å²) in [4.78, 5) is 12.4. The van der Waals surface area contributed by atoms with Crippen molar-refractivity contribution in [1.29, 1.82) is 0 Å². The molecule has 0 aliphatic heterocycles. The maximum atomic E-state index is 5.62. The zero-order valence-electron chi connectivity index (χ0n) is 10.4. The molecule has 3 rings (SSSR count). The lowest BCUT2D eigenvalue weighted by Crippen LogP contribution is -2.07. The van der Waals surface area contributed by atoms with Crippen LogP contribution in [0.2, 0.25) is 0 Å². The summed E-state index contributed by atoms with van der Waals surface area (Å²) in [6.45, 7) is 1.36. The molecule has 0 atom stereocenters. The molecule has 8 nitrogen and oxygen atoms in total. The number of aryl methyl sites for hydroxylation is 2. The van der Waals surface area contributed by atoms with Crippen LogP contribution < -0.4 is 10.5 Å². The van der Waals surface area contributed by atoms with Gasteiger partial charge in [-0.15, -0.1) is 0 Å². The first-order valence-electron chi connectivity index (χ1n) is 5.75. The SMILES string of the molecule is COc1ncnc2ncn(CCn3cc(N)cn3)c12. The molecule has 98 valence electrons. The third-order valence-electron chi connectivity index (χ3n) is 2.79. The lowest BCUT2D eigenvalue weighted by Gasteiger charge is -2.06. The van der Waals surface area contributed by atoms with Crippen molar-refractivity contribution in [2.75, 3.05) is 12.8 Å². The third kappa shape index (κ3) is 2.07. The Balaban J connectivity index is 1.88. The Morgan fingerprint density at radius 3 is 2.89 bits per heavy atom. The first-order valence-corrected chi connectivity index (χ1v) is 5.75. The maximum Gasteiger partial charge on any atom is 0.243 e. The second-order valence-electron chi connectivity index (χ2n) is 4.03. The largest absolute Gasteiger partial charge is 0.479 e. The summed E-state index contributed by atoms with van der Waals surface area (Å²) in [7, 11) is 1.58. The fourth-order valence-corrected chi connectivity index (χ4v) is 1.91. The van der Waals surface area contributed by atoms with E-state index in [1.807, 2.05) is 4.57 Å². The molecule has 0 saturated heterocycles. The molecule has 2 N–H and O–H groups in total. The normalized spacial score (nSPS) is 11.0. The van der Waals surface area contributed by atoms with Crippen molar-refractivity contribution in [2.24, 2.45) is 0 Å². The van der Waals surface area contributed by atoms with Crippen molar-refractivity contribution in [3.63, 3.8) is 0 Å². The minimum atomic E-state index is 0.516. The highest BCUT2D eigenvalue weighted by Crippen LogP contribution is 2.19. The monoisotopic (exact) mass is 259 g/mol. The number of hydrogen-bond acceptors (Lipinski definition) is 6. The Morgan fingerprint density at radius 2 is 2.16 bits per heavy atom. The number of aromatic nitrogens is 6. The molecule has 0 saturated carbocycles. The molecule has 0 amide bonds. The zero-order valence-corrected chi connectivity index (χ0v) is 10.4. The third-order valence-corrected chi connectivity index (χ3v) is 2.79. The summed E-state index contributed by atoms with van der Waals surface area (Å²) in [5, 5.41) is 4.13. The van der Waals surface area contributed by atoms with Crippen molar-refractivity contribution in [2.45, 2.75) is 13.1 Å². The summed E-state index contributed by atoms with van der Waals surface area (Å²) >= 11 is 0. The van der Waals surface area contributed by atoms with Crippen LogP contribution in [0.25, 0.3) is 11.2 Å². The van der Waals surface area contributed by atoms with Gasteiger partial charge in [-0.3, -0.25) is 4.68 Å². The summed E-state index contributed by atoms with van der Waals surface area (Å²) < 4.78 is 8.94. The lowest BCUT2D eigenvalue weighted by molar-refractivity contribution is 0.399. The fourth-order valence-electron chi connectivity index (χ4n) is 1.91. The van der Waals surface area contributed by atoms with E-state index in [2.05, 4.69) is 20.1 Å². The van der Waals surface area contributed by atoms with Crippen LogP contribution >= 0.6 is 0 Å². The van der Waals surface area contributed by atoms with E-state index in [1.54, 1.807) is 30.5 Å². The molecule has 0 aliphatic rings. The number of methoxy groups -OCH3 is 1. The molecule has 3 heterocycles. The van der Waals surface area contributed by atoms with Gasteiger partial charge in [-0.2, -0.15) is 10.1 Å². The van der Waals surface area contributed by atoms with Crippen molar-refractivity contribution in [3.8, 4) is 5.88 Å². The van der Waals surface area contributed by atoms with Crippen molar-refractivity contribution in [3.05, 3.63) is 25.0 Å². The van der Waals surface area contributed by atoms with Gasteiger partial charge < -0.3 is 15.0 Å². The van der Waals surface area contributed by atoms with Crippen LogP contribution in [0.15, 0.2) is 25.0 Å². The number of nitrogens with zero attached hydrogens (tertiary/aromatic N) is 6. The van der Waals surface area contributed by atoms with Gasteiger partial charge in [0.15, 0.2) is 11.2 Å². The number of nitrogens with two attached hydrogens (primary N) is 1. The Morgan fingerprint density at radius 1 is 1.26 bits per heavy atom. The quantitative estimate of drug-likeness (QED) is 0.724. The molecule has 0 aromatic carbocycles. The van der Waals surface area contributed by atoms with E-state index in [9.17, 15) is 0 Å². The zero-order chi connectivity index (χ0) is 13.2. The van der Waals surface area contributed by atoms with Crippen LogP contribution in [0.3, 0.4) is 0 Å². The number of ether oxygens (including phenoxy) is 1. The standard InChI is InChI=1S/C11H13N7O/c1-19-11-9-10(13-6-14-11)15-7-17(9)2-3-18-5-8(12)4-16-18/h4-7H,2-3,12H2,1H3. The average molecular weight is 259 g/mol. The number of rotatable bonds is 4. The molecule has 0 bridgehead atoms.